The van der Waals surface area contributed by atoms with Gasteiger partial charge in [-0.15, -0.1) is 24.8 Å². The van der Waals surface area contributed by atoms with Crippen molar-refractivity contribution < 1.29 is 5.11 Å². The fraction of sp³-hybridized carbons (Fsp3) is 0.583. The molecule has 4 N–H and O–H groups in total. The highest BCUT2D eigenvalue weighted by Crippen LogP contribution is 2.31. The Kier molecular flexibility index (Phi) is 6.92. The van der Waals surface area contributed by atoms with Crippen molar-refractivity contribution in [2.24, 2.45) is 0 Å². The van der Waals surface area contributed by atoms with E-state index in [2.05, 4.69) is 17.2 Å². The van der Waals surface area contributed by atoms with Gasteiger partial charge in [-0.05, 0) is 32.3 Å². The van der Waals surface area contributed by atoms with Crippen LogP contribution in [0.1, 0.15) is 37.4 Å². The Hall–Kier alpha value is -0.550. The van der Waals surface area contributed by atoms with Crippen LogP contribution in [-0.2, 0) is 13.2 Å². The number of aromatic nitrogens is 1. The zero-order valence-corrected chi connectivity index (χ0v) is 12.1. The Balaban J connectivity index is 0.00000144. The normalized spacial score (nSPS) is 16.1. The molecule has 1 aliphatic carbocycles. The summed E-state index contributed by atoms with van der Waals surface area (Å²) < 4.78 is 0. The molecule has 0 aliphatic heterocycles. The number of nitrogens with zero attached hydrogens (tertiary/aromatic N) is 1. The Morgan fingerprint density at radius 1 is 1.39 bits per heavy atom. The third-order valence-corrected chi connectivity index (χ3v) is 3.40. The number of anilines is 1. The van der Waals surface area contributed by atoms with Crippen LogP contribution in [0.25, 0.3) is 0 Å². The fourth-order valence-corrected chi connectivity index (χ4v) is 2.03. The van der Waals surface area contributed by atoms with Gasteiger partial charge in [-0.1, -0.05) is 6.07 Å². The number of pyridine rings is 1. The zero-order chi connectivity index (χ0) is 11.6. The molecule has 0 spiro atoms. The van der Waals surface area contributed by atoms with E-state index in [1.54, 1.807) is 6.07 Å². The van der Waals surface area contributed by atoms with Crippen LogP contribution < -0.4 is 11.1 Å². The van der Waals surface area contributed by atoms with E-state index in [0.29, 0.717) is 12.4 Å². The molecule has 1 fully saturated rings. The molecule has 0 atom stereocenters. The van der Waals surface area contributed by atoms with Crippen molar-refractivity contribution in [1.82, 2.24) is 10.3 Å². The van der Waals surface area contributed by atoms with Crippen molar-refractivity contribution in [2.45, 2.75) is 44.9 Å². The molecule has 0 aromatic carbocycles. The van der Waals surface area contributed by atoms with E-state index >= 15 is 0 Å². The molecule has 1 saturated carbocycles. The Bertz CT molecular complexity index is 384. The summed E-state index contributed by atoms with van der Waals surface area (Å²) in [6, 6.07) is 3.56. The molecule has 0 saturated heterocycles. The molecule has 1 aromatic rings. The zero-order valence-electron chi connectivity index (χ0n) is 10.5. The van der Waals surface area contributed by atoms with Gasteiger partial charge in [0.2, 0.25) is 0 Å². The molecular formula is C12H21Cl2N3O. The second-order valence-electron chi connectivity index (χ2n) is 4.77. The summed E-state index contributed by atoms with van der Waals surface area (Å²) in [5, 5.41) is 12.7. The number of hydrogen-bond donors (Lipinski definition) is 3. The molecule has 1 aliphatic rings. The van der Waals surface area contributed by atoms with E-state index in [1.165, 1.54) is 19.3 Å². The molecule has 0 radical (unpaired) electrons. The number of nitrogens with one attached hydrogen (secondary N) is 1. The molecule has 1 heterocycles. The summed E-state index contributed by atoms with van der Waals surface area (Å²) >= 11 is 0. The first-order valence-corrected chi connectivity index (χ1v) is 5.73. The Morgan fingerprint density at radius 2 is 2.06 bits per heavy atom. The summed E-state index contributed by atoms with van der Waals surface area (Å²) in [4.78, 5) is 4.26. The van der Waals surface area contributed by atoms with Gasteiger partial charge in [0.1, 0.15) is 5.82 Å². The minimum atomic E-state index is 0. The lowest BCUT2D eigenvalue weighted by Crippen LogP contribution is -2.47. The van der Waals surface area contributed by atoms with Gasteiger partial charge in [-0.25, -0.2) is 4.98 Å². The van der Waals surface area contributed by atoms with Crippen molar-refractivity contribution in [3.8, 4) is 0 Å². The lowest BCUT2D eigenvalue weighted by Gasteiger charge is -2.39. The van der Waals surface area contributed by atoms with Gasteiger partial charge in [0.05, 0.1) is 12.3 Å². The van der Waals surface area contributed by atoms with Crippen molar-refractivity contribution in [1.29, 1.82) is 0 Å². The second-order valence-corrected chi connectivity index (χ2v) is 4.77. The van der Waals surface area contributed by atoms with Crippen LogP contribution in [-0.4, -0.2) is 15.6 Å². The third kappa shape index (κ3) is 3.99. The summed E-state index contributed by atoms with van der Waals surface area (Å²) in [5.41, 5.74) is 7.61. The summed E-state index contributed by atoms with van der Waals surface area (Å²) in [6.45, 7) is 2.92. The Labute approximate surface area is 120 Å². The molecule has 6 heteroatoms. The SMILES string of the molecule is CC1(NCc2nc(N)ccc2CO)CCC1.Cl.Cl. The first kappa shape index (κ1) is 17.4. The number of aliphatic hydroxyl groups excluding tert-OH is 1. The number of nitrogen functional groups attached to an aromatic ring is 1. The summed E-state index contributed by atoms with van der Waals surface area (Å²) in [6.07, 6.45) is 3.72. The number of hydrogen-bond acceptors (Lipinski definition) is 4. The van der Waals surface area contributed by atoms with Gasteiger partial charge >= 0.3 is 0 Å². The maximum absolute atomic E-state index is 9.20. The first-order valence-electron chi connectivity index (χ1n) is 5.73. The highest BCUT2D eigenvalue weighted by Gasteiger charge is 2.30. The summed E-state index contributed by atoms with van der Waals surface area (Å²) in [5.74, 6) is 0.507. The second kappa shape index (κ2) is 7.14. The van der Waals surface area contributed by atoms with Gasteiger partial charge in [-0.3, -0.25) is 0 Å². The van der Waals surface area contributed by atoms with Crippen LogP contribution >= 0.6 is 24.8 Å². The van der Waals surface area contributed by atoms with E-state index in [9.17, 15) is 5.11 Å². The van der Waals surface area contributed by atoms with Gasteiger partial charge in [-0.2, -0.15) is 0 Å². The largest absolute Gasteiger partial charge is 0.392 e. The topological polar surface area (TPSA) is 71.2 Å². The van der Waals surface area contributed by atoms with Crippen molar-refractivity contribution in [2.75, 3.05) is 5.73 Å². The van der Waals surface area contributed by atoms with Crippen LogP contribution in [0.5, 0.6) is 0 Å². The standard InChI is InChI=1S/C12H19N3O.2ClH/c1-12(5-2-6-12)14-7-10-9(8-16)3-4-11(13)15-10;;/h3-4,14,16H,2,5-8H2,1H3,(H2,13,15);2*1H. The van der Waals surface area contributed by atoms with Crippen LogP contribution in [0.2, 0.25) is 0 Å². The van der Waals surface area contributed by atoms with Gasteiger partial charge in [0.25, 0.3) is 0 Å². The first-order chi connectivity index (χ1) is 7.63. The van der Waals surface area contributed by atoms with Crippen molar-refractivity contribution in [3.63, 3.8) is 0 Å². The molecular weight excluding hydrogens is 273 g/mol. The van der Waals surface area contributed by atoms with E-state index in [1.807, 2.05) is 6.07 Å². The molecule has 2 rings (SSSR count). The van der Waals surface area contributed by atoms with E-state index < -0.39 is 0 Å². The number of aliphatic hydroxyl groups is 1. The maximum atomic E-state index is 9.20. The monoisotopic (exact) mass is 293 g/mol. The van der Waals surface area contributed by atoms with E-state index in [0.717, 1.165) is 11.3 Å². The number of nitrogens with two attached hydrogens (primary N) is 1. The average molecular weight is 294 g/mol. The predicted molar refractivity (Wildman–Crippen MR) is 78.2 cm³/mol. The third-order valence-electron chi connectivity index (χ3n) is 3.40. The lowest BCUT2D eigenvalue weighted by atomic mass is 9.78. The lowest BCUT2D eigenvalue weighted by molar-refractivity contribution is 0.205. The molecule has 104 valence electrons. The van der Waals surface area contributed by atoms with Crippen LogP contribution in [0, 0.1) is 0 Å². The molecule has 18 heavy (non-hydrogen) atoms. The molecule has 0 unspecified atom stereocenters. The van der Waals surface area contributed by atoms with Gasteiger partial charge in [0.15, 0.2) is 0 Å². The van der Waals surface area contributed by atoms with Crippen molar-refractivity contribution in [3.05, 3.63) is 23.4 Å². The van der Waals surface area contributed by atoms with E-state index in [4.69, 9.17) is 5.73 Å². The van der Waals surface area contributed by atoms with Gasteiger partial charge in [0, 0.05) is 17.6 Å². The number of rotatable bonds is 4. The van der Waals surface area contributed by atoms with E-state index in [-0.39, 0.29) is 37.0 Å². The summed E-state index contributed by atoms with van der Waals surface area (Å²) in [7, 11) is 0. The van der Waals surface area contributed by atoms with Gasteiger partial charge < -0.3 is 16.2 Å². The van der Waals surface area contributed by atoms with Crippen LogP contribution in [0.15, 0.2) is 12.1 Å². The van der Waals surface area contributed by atoms with Crippen LogP contribution in [0.4, 0.5) is 5.82 Å². The smallest absolute Gasteiger partial charge is 0.123 e. The fourth-order valence-electron chi connectivity index (χ4n) is 2.03. The molecule has 0 bridgehead atoms. The molecule has 0 amide bonds. The highest BCUT2D eigenvalue weighted by atomic mass is 35.5. The average Bonchev–Trinajstić information content (AvgIpc) is 2.24. The minimum Gasteiger partial charge on any atom is -0.392 e. The minimum absolute atomic E-state index is 0. The van der Waals surface area contributed by atoms with Crippen molar-refractivity contribution >= 4 is 30.6 Å². The Morgan fingerprint density at radius 3 is 2.56 bits per heavy atom. The molecule has 4 nitrogen and oxygen atoms in total. The molecule has 1 aromatic heterocycles. The maximum Gasteiger partial charge on any atom is 0.123 e. The number of halogens is 2. The van der Waals surface area contributed by atoms with Crippen LogP contribution in [0.3, 0.4) is 0 Å². The quantitative estimate of drug-likeness (QED) is 0.794. The highest BCUT2D eigenvalue weighted by molar-refractivity contribution is 5.85. The predicted octanol–water partition coefficient (Wildman–Crippen LogP) is 2.03.